The van der Waals surface area contributed by atoms with Gasteiger partial charge in [-0.2, -0.15) is 0 Å². The predicted molar refractivity (Wildman–Crippen MR) is 158 cm³/mol. The SMILES string of the molecule is CCCCN1CC=C[C@]23O[C@@]4(C)C=CCN(Cc5ccccc5)C(=O)[C@H]4[C@H]2C(=O)N([C@H](CO)c2ccccc2)C3C1=O. The highest BCUT2D eigenvalue weighted by atomic mass is 16.5. The van der Waals surface area contributed by atoms with Crippen molar-refractivity contribution in [2.45, 2.75) is 56.5 Å². The number of hydrogen-bond acceptors (Lipinski definition) is 5. The topological polar surface area (TPSA) is 90.4 Å². The molecule has 42 heavy (non-hydrogen) atoms. The third-order valence-electron chi connectivity index (χ3n) is 9.35. The largest absolute Gasteiger partial charge is 0.394 e. The molecule has 8 heteroatoms. The van der Waals surface area contributed by atoms with E-state index in [9.17, 15) is 19.5 Å². The molecule has 2 aromatic rings. The van der Waals surface area contributed by atoms with Crippen LogP contribution < -0.4 is 0 Å². The lowest BCUT2D eigenvalue weighted by Gasteiger charge is -2.40. The number of aliphatic hydroxyl groups is 1. The molecule has 8 nitrogen and oxygen atoms in total. The highest BCUT2D eigenvalue weighted by Crippen LogP contribution is 2.58. The van der Waals surface area contributed by atoms with Gasteiger partial charge in [0.15, 0.2) is 0 Å². The van der Waals surface area contributed by atoms with Gasteiger partial charge in [-0.25, -0.2) is 0 Å². The fraction of sp³-hybridized carbons (Fsp3) is 0.441. The van der Waals surface area contributed by atoms with Crippen molar-refractivity contribution >= 4 is 17.7 Å². The van der Waals surface area contributed by atoms with Crippen LogP contribution >= 0.6 is 0 Å². The second-order valence-electron chi connectivity index (χ2n) is 12.0. The number of carbonyl (C=O) groups is 3. The molecule has 4 aliphatic heterocycles. The number of ether oxygens (including phenoxy) is 1. The van der Waals surface area contributed by atoms with Gasteiger partial charge in [0.1, 0.15) is 11.6 Å². The van der Waals surface area contributed by atoms with Crippen molar-refractivity contribution in [1.29, 1.82) is 0 Å². The number of rotatable bonds is 8. The van der Waals surface area contributed by atoms with Gasteiger partial charge in [-0.1, -0.05) is 98.3 Å². The van der Waals surface area contributed by atoms with Gasteiger partial charge in [0, 0.05) is 26.2 Å². The average molecular weight is 570 g/mol. The quantitative estimate of drug-likeness (QED) is 0.492. The van der Waals surface area contributed by atoms with Crippen molar-refractivity contribution in [2.75, 3.05) is 26.2 Å². The molecule has 2 fully saturated rings. The molecule has 0 saturated carbocycles. The second kappa shape index (κ2) is 11.2. The summed E-state index contributed by atoms with van der Waals surface area (Å²) in [6, 6.07) is 17.3. The maximum Gasteiger partial charge on any atom is 0.249 e. The number of hydrogen-bond donors (Lipinski definition) is 1. The highest BCUT2D eigenvalue weighted by Gasteiger charge is 2.75. The summed E-state index contributed by atoms with van der Waals surface area (Å²) >= 11 is 0. The summed E-state index contributed by atoms with van der Waals surface area (Å²) in [7, 11) is 0. The number of fused-ring (bicyclic) bond motifs is 2. The Labute approximate surface area is 247 Å². The molecular weight excluding hydrogens is 530 g/mol. The molecule has 3 amide bonds. The first-order valence-corrected chi connectivity index (χ1v) is 15.0. The smallest absolute Gasteiger partial charge is 0.249 e. The third kappa shape index (κ3) is 4.48. The summed E-state index contributed by atoms with van der Waals surface area (Å²) in [6.45, 7) is 5.32. The highest BCUT2D eigenvalue weighted by molar-refractivity contribution is 6.00. The minimum atomic E-state index is -1.35. The summed E-state index contributed by atoms with van der Waals surface area (Å²) < 4.78 is 6.94. The molecule has 1 spiro atoms. The molecule has 6 rings (SSSR count). The number of unbranched alkanes of at least 4 members (excludes halogenated alkanes) is 1. The van der Waals surface area contributed by atoms with Crippen LogP contribution in [0.15, 0.2) is 85.0 Å². The number of amides is 3. The van der Waals surface area contributed by atoms with Crippen LogP contribution in [0.5, 0.6) is 0 Å². The number of likely N-dealkylation sites (tertiary alicyclic amines) is 1. The summed E-state index contributed by atoms with van der Waals surface area (Å²) in [5.74, 6) is -2.48. The Balaban J connectivity index is 1.46. The molecule has 0 aliphatic carbocycles. The minimum absolute atomic E-state index is 0.171. The molecule has 1 unspecified atom stereocenters. The molecule has 4 aliphatic rings. The van der Waals surface area contributed by atoms with Crippen LogP contribution in [-0.2, 0) is 25.7 Å². The molecule has 2 saturated heterocycles. The summed E-state index contributed by atoms with van der Waals surface area (Å²) in [5.41, 5.74) is -0.718. The molecule has 220 valence electrons. The predicted octanol–water partition coefficient (Wildman–Crippen LogP) is 3.49. The van der Waals surface area contributed by atoms with Gasteiger partial charge in [0.25, 0.3) is 0 Å². The van der Waals surface area contributed by atoms with E-state index in [1.54, 1.807) is 9.80 Å². The van der Waals surface area contributed by atoms with E-state index in [0.29, 0.717) is 26.2 Å². The van der Waals surface area contributed by atoms with E-state index in [1.807, 2.05) is 91.9 Å². The normalized spacial score (nSPS) is 31.1. The number of nitrogens with zero attached hydrogens (tertiary/aromatic N) is 3. The number of carbonyl (C=O) groups excluding carboxylic acids is 3. The summed E-state index contributed by atoms with van der Waals surface area (Å²) in [6.07, 6.45) is 9.37. The molecule has 6 atom stereocenters. The first-order chi connectivity index (χ1) is 20.3. The Morgan fingerprint density at radius 3 is 2.24 bits per heavy atom. The minimum Gasteiger partial charge on any atom is -0.394 e. The summed E-state index contributed by atoms with van der Waals surface area (Å²) in [4.78, 5) is 48.7. The zero-order chi connectivity index (χ0) is 29.5. The van der Waals surface area contributed by atoms with Crippen molar-refractivity contribution in [3.63, 3.8) is 0 Å². The second-order valence-corrected chi connectivity index (χ2v) is 12.0. The van der Waals surface area contributed by atoms with Crippen molar-refractivity contribution in [3.8, 4) is 0 Å². The van der Waals surface area contributed by atoms with Gasteiger partial charge in [0.05, 0.1) is 30.1 Å². The van der Waals surface area contributed by atoms with E-state index < -0.39 is 35.1 Å². The van der Waals surface area contributed by atoms with Crippen molar-refractivity contribution < 1.29 is 24.2 Å². The van der Waals surface area contributed by atoms with Crippen LogP contribution in [0.4, 0.5) is 0 Å². The van der Waals surface area contributed by atoms with Crippen LogP contribution in [0.2, 0.25) is 0 Å². The maximum absolute atomic E-state index is 14.8. The van der Waals surface area contributed by atoms with Crippen molar-refractivity contribution in [1.82, 2.24) is 14.7 Å². The maximum atomic E-state index is 14.8. The standard InChI is InChI=1S/C34H39N3O5/c1-3-4-19-35-20-12-18-34-28(31(40)37(29(34)32(35)41)26(23-38)25-15-9-6-10-16-25)27-30(39)36(21-11-17-33(27,2)42-34)22-24-13-7-5-8-14-24/h5-18,26-29,38H,3-4,19-23H2,1-2H3/t26-,27-,28+,29?,33+,34+/m1/s1. The Bertz CT molecular complexity index is 1390. The molecule has 0 bridgehead atoms. The van der Waals surface area contributed by atoms with E-state index >= 15 is 0 Å². The lowest BCUT2D eigenvalue weighted by Crippen LogP contribution is -2.57. The molecular formula is C34H39N3O5. The Hall–Kier alpha value is -3.75. The van der Waals surface area contributed by atoms with Crippen molar-refractivity contribution in [2.24, 2.45) is 11.8 Å². The monoisotopic (exact) mass is 569 g/mol. The Kier molecular flexibility index (Phi) is 7.53. The first-order valence-electron chi connectivity index (χ1n) is 15.0. The molecule has 0 radical (unpaired) electrons. The van der Waals surface area contributed by atoms with Crippen LogP contribution in [0.1, 0.15) is 43.9 Å². The third-order valence-corrected chi connectivity index (χ3v) is 9.35. The van der Waals surface area contributed by atoms with Gasteiger partial charge >= 0.3 is 0 Å². The first kappa shape index (κ1) is 28.4. The average Bonchev–Trinajstić information content (AvgIpc) is 3.27. The fourth-order valence-electron chi connectivity index (χ4n) is 7.42. The van der Waals surface area contributed by atoms with Crippen molar-refractivity contribution in [3.05, 3.63) is 96.1 Å². The van der Waals surface area contributed by atoms with Gasteiger partial charge in [-0.15, -0.1) is 0 Å². The van der Waals surface area contributed by atoms with Crippen LogP contribution in [0.3, 0.4) is 0 Å². The van der Waals surface area contributed by atoms with Gasteiger partial charge in [0.2, 0.25) is 17.7 Å². The fourth-order valence-corrected chi connectivity index (χ4v) is 7.42. The van der Waals surface area contributed by atoms with E-state index in [-0.39, 0.29) is 24.3 Å². The van der Waals surface area contributed by atoms with Gasteiger partial charge in [-0.05, 0) is 24.5 Å². The Morgan fingerprint density at radius 1 is 0.881 bits per heavy atom. The molecule has 1 N–H and O–H groups in total. The number of benzene rings is 2. The van der Waals surface area contributed by atoms with E-state index in [2.05, 4.69) is 6.92 Å². The molecule has 4 heterocycles. The lowest BCUT2D eigenvalue weighted by atomic mass is 9.74. The zero-order valence-corrected chi connectivity index (χ0v) is 24.3. The number of aliphatic hydroxyl groups excluding tert-OH is 1. The van der Waals surface area contributed by atoms with Crippen LogP contribution in [0, 0.1) is 11.8 Å². The van der Waals surface area contributed by atoms with E-state index in [0.717, 1.165) is 24.0 Å². The van der Waals surface area contributed by atoms with E-state index in [4.69, 9.17) is 4.74 Å². The molecule has 0 aromatic heterocycles. The zero-order valence-electron chi connectivity index (χ0n) is 24.3. The van der Waals surface area contributed by atoms with Gasteiger partial charge in [-0.3, -0.25) is 14.4 Å². The molecule has 2 aromatic carbocycles. The lowest BCUT2D eigenvalue weighted by molar-refractivity contribution is -0.156. The van der Waals surface area contributed by atoms with Gasteiger partial charge < -0.3 is 24.5 Å². The van der Waals surface area contributed by atoms with Crippen LogP contribution in [0.25, 0.3) is 0 Å². The summed E-state index contributed by atoms with van der Waals surface area (Å²) in [5, 5.41) is 10.7. The Morgan fingerprint density at radius 2 is 1.55 bits per heavy atom. The van der Waals surface area contributed by atoms with E-state index in [1.165, 1.54) is 4.90 Å². The van der Waals surface area contributed by atoms with Crippen LogP contribution in [-0.4, -0.2) is 81.0 Å².